The lowest BCUT2D eigenvalue weighted by molar-refractivity contribution is 0.0697. The Morgan fingerprint density at radius 1 is 1.13 bits per heavy atom. The zero-order chi connectivity index (χ0) is 16.4. The van der Waals surface area contributed by atoms with Gasteiger partial charge in [-0.15, -0.1) is 0 Å². The number of carboxylic acids is 1. The summed E-state index contributed by atoms with van der Waals surface area (Å²) in [5.41, 5.74) is 1.26. The first kappa shape index (κ1) is 15.1. The number of hydrogen-bond donors (Lipinski definition) is 2. The van der Waals surface area contributed by atoms with Crippen LogP contribution < -0.4 is 4.72 Å². The normalized spacial score (nSPS) is 11.7. The molecule has 0 saturated carbocycles. The van der Waals surface area contributed by atoms with Crippen molar-refractivity contribution in [3.63, 3.8) is 0 Å². The second-order valence-corrected chi connectivity index (χ2v) is 6.45. The fraction of sp³-hybridized carbons (Fsp3) is 0.0714. The third-order valence-corrected chi connectivity index (χ3v) is 4.64. The molecule has 0 fully saturated rings. The second-order valence-electron chi connectivity index (χ2n) is 4.71. The summed E-state index contributed by atoms with van der Waals surface area (Å²) in [6, 6.07) is 10.5. The lowest BCUT2D eigenvalue weighted by Crippen LogP contribution is -2.23. The van der Waals surface area contributed by atoms with E-state index in [9.17, 15) is 13.2 Å². The van der Waals surface area contributed by atoms with Gasteiger partial charge in [0.2, 0.25) is 10.0 Å². The summed E-state index contributed by atoms with van der Waals surface area (Å²) in [4.78, 5) is 10.8. The molecule has 0 aliphatic rings. The van der Waals surface area contributed by atoms with Crippen molar-refractivity contribution < 1.29 is 22.9 Å². The second kappa shape index (κ2) is 5.78. The highest BCUT2D eigenvalue weighted by atomic mass is 32.2. The lowest BCUT2D eigenvalue weighted by atomic mass is 10.1. The first-order valence-corrected chi connectivity index (χ1v) is 7.99. The predicted octanol–water partition coefficient (Wildman–Crippen LogP) is 1.40. The van der Waals surface area contributed by atoms with E-state index in [4.69, 9.17) is 5.11 Å². The number of carboxylic acid groups (broad SMARTS) is 1. The Kier molecular flexibility index (Phi) is 3.80. The molecule has 8 nitrogen and oxygen atoms in total. The Hall–Kier alpha value is -2.78. The van der Waals surface area contributed by atoms with Gasteiger partial charge in [0.25, 0.3) is 0 Å². The van der Waals surface area contributed by atoms with E-state index in [2.05, 4.69) is 19.7 Å². The smallest absolute Gasteiger partial charge is 0.335 e. The van der Waals surface area contributed by atoms with Gasteiger partial charge in [-0.2, -0.15) is 0 Å². The molecule has 0 amide bonds. The molecule has 0 aliphatic carbocycles. The average Bonchev–Trinajstić information content (AvgIpc) is 3.01. The Labute approximate surface area is 130 Å². The van der Waals surface area contributed by atoms with Gasteiger partial charge in [-0.05, 0) is 40.1 Å². The summed E-state index contributed by atoms with van der Waals surface area (Å²) >= 11 is 0. The van der Waals surface area contributed by atoms with Crippen LogP contribution in [-0.2, 0) is 16.6 Å². The molecule has 9 heteroatoms. The fourth-order valence-electron chi connectivity index (χ4n) is 2.02. The van der Waals surface area contributed by atoms with Crippen LogP contribution in [0.1, 0.15) is 15.9 Å². The summed E-state index contributed by atoms with van der Waals surface area (Å²) in [6.07, 6.45) is 0. The van der Waals surface area contributed by atoms with Crippen molar-refractivity contribution in [2.24, 2.45) is 0 Å². The monoisotopic (exact) mass is 333 g/mol. The highest BCUT2D eigenvalue weighted by molar-refractivity contribution is 7.89. The summed E-state index contributed by atoms with van der Waals surface area (Å²) in [5.74, 6) is -1.04. The number of nitrogens with zero attached hydrogens (tertiary/aromatic N) is 2. The standard InChI is InChI=1S/C14H11N3O5S/c18-14(19)10-6-4-9(5-7-10)8-15-23(20,21)12-3-1-2-11-13(12)17-22-16-11/h1-7,15H,8H2,(H,18,19). The number of carbonyl (C=O) groups is 1. The molecule has 118 valence electrons. The van der Waals surface area contributed by atoms with Gasteiger partial charge in [0.1, 0.15) is 10.4 Å². The molecule has 0 radical (unpaired) electrons. The maximum atomic E-state index is 12.4. The van der Waals surface area contributed by atoms with Gasteiger partial charge < -0.3 is 5.11 Å². The number of benzene rings is 2. The molecule has 3 aromatic rings. The van der Waals surface area contributed by atoms with Crippen LogP contribution in [0.3, 0.4) is 0 Å². The van der Waals surface area contributed by atoms with Crippen molar-refractivity contribution >= 4 is 27.0 Å². The van der Waals surface area contributed by atoms with Crippen molar-refractivity contribution in [2.75, 3.05) is 0 Å². The number of fused-ring (bicyclic) bond motifs is 1. The Morgan fingerprint density at radius 3 is 2.57 bits per heavy atom. The van der Waals surface area contributed by atoms with Gasteiger partial charge in [0.15, 0.2) is 5.52 Å². The van der Waals surface area contributed by atoms with Crippen molar-refractivity contribution in [3.05, 3.63) is 53.6 Å². The SMILES string of the molecule is O=C(O)c1ccc(CNS(=O)(=O)c2cccc3nonc23)cc1. The molecule has 2 aromatic carbocycles. The van der Waals surface area contributed by atoms with Crippen LogP contribution in [0.4, 0.5) is 0 Å². The van der Waals surface area contributed by atoms with Crippen LogP contribution in [-0.4, -0.2) is 29.8 Å². The minimum Gasteiger partial charge on any atom is -0.478 e. The van der Waals surface area contributed by atoms with E-state index in [0.717, 1.165) is 0 Å². The maximum Gasteiger partial charge on any atom is 0.335 e. The summed E-state index contributed by atoms with van der Waals surface area (Å²) < 4.78 is 31.7. The van der Waals surface area contributed by atoms with Crippen LogP contribution in [0.15, 0.2) is 52.0 Å². The van der Waals surface area contributed by atoms with Crippen LogP contribution >= 0.6 is 0 Å². The minimum atomic E-state index is -3.81. The largest absolute Gasteiger partial charge is 0.478 e. The molecule has 0 spiro atoms. The molecule has 1 heterocycles. The van der Waals surface area contributed by atoms with E-state index in [0.29, 0.717) is 11.1 Å². The number of hydrogen-bond acceptors (Lipinski definition) is 6. The molecule has 0 atom stereocenters. The lowest BCUT2D eigenvalue weighted by Gasteiger charge is -2.07. The van der Waals surface area contributed by atoms with Gasteiger partial charge in [-0.3, -0.25) is 0 Å². The van der Waals surface area contributed by atoms with Gasteiger partial charge in [0, 0.05) is 6.54 Å². The van der Waals surface area contributed by atoms with Gasteiger partial charge in [-0.25, -0.2) is 22.6 Å². The Balaban J connectivity index is 1.81. The molecule has 2 N–H and O–H groups in total. The molecule has 3 rings (SSSR count). The van der Waals surface area contributed by atoms with E-state index in [1.165, 1.54) is 18.2 Å². The van der Waals surface area contributed by atoms with Gasteiger partial charge in [0.05, 0.1) is 5.56 Å². The van der Waals surface area contributed by atoms with Crippen molar-refractivity contribution in [3.8, 4) is 0 Å². The maximum absolute atomic E-state index is 12.4. The third-order valence-electron chi connectivity index (χ3n) is 3.21. The third kappa shape index (κ3) is 3.05. The zero-order valence-corrected chi connectivity index (χ0v) is 12.4. The van der Waals surface area contributed by atoms with Crippen LogP contribution in [0.25, 0.3) is 11.0 Å². The summed E-state index contributed by atoms with van der Waals surface area (Å²) in [6.45, 7) is 0.0178. The molecule has 0 bridgehead atoms. The summed E-state index contributed by atoms with van der Waals surface area (Å²) in [5, 5.41) is 16.0. The first-order valence-electron chi connectivity index (χ1n) is 6.50. The molecule has 0 aliphatic heterocycles. The highest BCUT2D eigenvalue weighted by Gasteiger charge is 2.19. The van der Waals surface area contributed by atoms with Crippen LogP contribution in [0, 0.1) is 0 Å². The fourth-order valence-corrected chi connectivity index (χ4v) is 3.19. The number of rotatable bonds is 5. The number of sulfonamides is 1. The molecular formula is C14H11N3O5S. The van der Waals surface area contributed by atoms with Crippen LogP contribution in [0.5, 0.6) is 0 Å². The quantitative estimate of drug-likeness (QED) is 0.723. The Morgan fingerprint density at radius 2 is 1.87 bits per heavy atom. The van der Waals surface area contributed by atoms with Crippen molar-refractivity contribution in [1.29, 1.82) is 0 Å². The van der Waals surface area contributed by atoms with Crippen molar-refractivity contribution in [1.82, 2.24) is 15.0 Å². The zero-order valence-electron chi connectivity index (χ0n) is 11.6. The number of aromatic nitrogens is 2. The van der Waals surface area contributed by atoms with E-state index in [1.54, 1.807) is 24.3 Å². The van der Waals surface area contributed by atoms with E-state index in [-0.39, 0.29) is 22.5 Å². The molecular weight excluding hydrogens is 322 g/mol. The molecule has 0 saturated heterocycles. The van der Waals surface area contributed by atoms with Gasteiger partial charge >= 0.3 is 5.97 Å². The van der Waals surface area contributed by atoms with E-state index >= 15 is 0 Å². The Bertz CT molecular complexity index is 964. The number of aromatic carboxylic acids is 1. The van der Waals surface area contributed by atoms with Crippen molar-refractivity contribution in [2.45, 2.75) is 11.4 Å². The highest BCUT2D eigenvalue weighted by Crippen LogP contribution is 2.19. The summed E-state index contributed by atoms with van der Waals surface area (Å²) in [7, 11) is -3.81. The minimum absolute atomic E-state index is 0.0178. The number of nitrogens with one attached hydrogen (secondary N) is 1. The van der Waals surface area contributed by atoms with Gasteiger partial charge in [-0.1, -0.05) is 18.2 Å². The molecule has 23 heavy (non-hydrogen) atoms. The topological polar surface area (TPSA) is 122 Å². The molecule has 1 aromatic heterocycles. The first-order chi connectivity index (χ1) is 11.0. The molecule has 0 unspecified atom stereocenters. The van der Waals surface area contributed by atoms with Crippen LogP contribution in [0.2, 0.25) is 0 Å². The van der Waals surface area contributed by atoms with E-state index in [1.807, 2.05) is 0 Å². The predicted molar refractivity (Wildman–Crippen MR) is 79.2 cm³/mol. The van der Waals surface area contributed by atoms with E-state index < -0.39 is 16.0 Å². The average molecular weight is 333 g/mol.